The van der Waals surface area contributed by atoms with Crippen molar-refractivity contribution in [2.45, 2.75) is 397 Å². The molecule has 39 N–H and O–H groups in total. The highest BCUT2D eigenvalue weighted by Gasteiger charge is 2.66. The molecule has 66 heteroatoms. The number of ether oxygens (including phenoxy) is 20. The van der Waals surface area contributed by atoms with Crippen LogP contribution in [0.25, 0.3) is 0 Å². The van der Waals surface area contributed by atoms with E-state index in [9.17, 15) is 207 Å². The summed E-state index contributed by atoms with van der Waals surface area (Å²) in [5, 5.41) is 395. The zero-order chi connectivity index (χ0) is 110. The van der Waals surface area contributed by atoms with E-state index in [1.165, 1.54) is 0 Å². The van der Waals surface area contributed by atoms with E-state index >= 15 is 0 Å². The Balaban J connectivity index is 1.04. The zero-order valence-electron chi connectivity index (χ0n) is 79.6. The third-order valence-corrected chi connectivity index (χ3v) is 26.5. The maximum Gasteiger partial charge on any atom is 0.364 e. The Hall–Kier alpha value is -5.79. The molecule has 0 aromatic heterocycles. The average molecular weight is 2170 g/mol. The van der Waals surface area contributed by atoms with Crippen molar-refractivity contribution >= 4 is 41.5 Å². The van der Waals surface area contributed by atoms with Crippen LogP contribution in [0.1, 0.15) is 54.4 Å². The molecule has 148 heavy (non-hydrogen) atoms. The summed E-state index contributed by atoms with van der Waals surface area (Å²) in [6, 6.07) is -10.3. The van der Waals surface area contributed by atoms with Crippen molar-refractivity contribution in [3.63, 3.8) is 0 Å². The zero-order valence-corrected chi connectivity index (χ0v) is 79.6. The number of carbonyl (C=O) groups is 7. The van der Waals surface area contributed by atoms with Crippen LogP contribution in [-0.2, 0) is 128 Å². The third kappa shape index (κ3) is 27.9. The molecule has 0 radical (unpaired) electrons. The lowest BCUT2D eigenvalue weighted by Gasteiger charge is -2.52. The number of carboxylic acid groups (broad SMARTS) is 2. The van der Waals surface area contributed by atoms with Crippen LogP contribution in [-0.4, -0.2) is 630 Å². The molecule has 0 aromatic carbocycles. The lowest BCUT2D eigenvalue weighted by Crippen LogP contribution is -2.72. The molecule has 0 aliphatic carbocycles. The fraction of sp³-hybridized carbons (Fsp3) is 0.915. The minimum Gasteiger partial charge on any atom is -0.477 e. The molecule has 66 nitrogen and oxygen atoms in total. The van der Waals surface area contributed by atoms with E-state index in [1.807, 2.05) is 0 Å². The van der Waals surface area contributed by atoms with Gasteiger partial charge in [-0.15, -0.1) is 0 Å². The molecular formula is C82H137N5O61. The molecule has 856 valence electrons. The van der Waals surface area contributed by atoms with Crippen molar-refractivity contribution in [3.05, 3.63) is 0 Å². The minimum absolute atomic E-state index is 0.728. The number of rotatable bonds is 45. The summed E-state index contributed by atoms with van der Waals surface area (Å²) in [6.45, 7) is -9.28. The standard InChI is InChI=1S/C82H137N5O61/c1-20-44(108)54(118)56(120)74(131-20)139-61(30(106)11-90)62(31(107)12-91)140-77-59(123)69(52(116)37(138-77)18-129-71-41(85-23(4)99)53(117)63(36(17-96)136-71)141-76-58(122)68(49(113)34(15-94)134-76)144-72-42(86-24(5)100)64(48(112)33(14-93)132-72)142-75-57(121)55(119)47(111)32(13-92)133-75)145-73-43(87-25(6)101)65(51(115)38(137-73)19-130-81(79(125)126)7-26(102)39(83-21(2)97)66(146-81)45(109)28(104)9-88)143-78-60(124)70(50(114)35(16-95)135-78)148-82(80(127)128)8-27(103)40(84-22(3)98)67(147-82)46(110)29(105)10-89/h20,26-78,88-96,102-124H,7-19H2,1-6H3,(H,83,97)(H,84,98)(H,85,99)(H,86,100)(H,87,101)(H,125,126)(H,127,128)/t20-,26-,27-,28+,29+,30-,31+,32+,33+,34+,35+,36+,37+,38+,39+,40+,41+,42+,43+,44+,45+,46+,47-,48+,49-,50-,51+,52-,53+,54+,55-,56-,57+,58+,59+,60+,61+,62+,63+,64+,65+,66+,67+,68-,69-,70-,71+,72-,73-,74-,75-,76-,77-,78-,81+,82-/m0/s1. The smallest absolute Gasteiger partial charge is 0.364 e. The molecule has 10 rings (SSSR count). The highest BCUT2D eigenvalue weighted by atomic mass is 16.8. The van der Waals surface area contributed by atoms with Gasteiger partial charge in [0, 0.05) is 47.5 Å². The van der Waals surface area contributed by atoms with Gasteiger partial charge in [-0.25, -0.2) is 9.59 Å². The van der Waals surface area contributed by atoms with Crippen molar-refractivity contribution < 1.29 is 302 Å². The first-order valence-electron chi connectivity index (χ1n) is 46.7. The van der Waals surface area contributed by atoms with Gasteiger partial charge in [0.25, 0.3) is 11.6 Å². The predicted molar refractivity (Wildman–Crippen MR) is 456 cm³/mol. The molecule has 0 unspecified atom stereocenters. The Morgan fingerprint density at radius 2 is 0.615 bits per heavy atom. The third-order valence-electron chi connectivity index (χ3n) is 26.5. The van der Waals surface area contributed by atoms with Gasteiger partial charge in [0.15, 0.2) is 50.3 Å². The molecule has 0 saturated carbocycles. The summed E-state index contributed by atoms with van der Waals surface area (Å²) < 4.78 is 119. The number of hydrogen-bond donors (Lipinski definition) is 39. The molecule has 0 aromatic rings. The largest absolute Gasteiger partial charge is 0.477 e. The number of aliphatic hydroxyl groups is 32. The monoisotopic (exact) mass is 2170 g/mol. The summed E-state index contributed by atoms with van der Waals surface area (Å²) in [5.74, 6) is -16.8. The molecule has 0 bridgehead atoms. The number of hydrogen-bond acceptors (Lipinski definition) is 59. The molecule has 0 spiro atoms. The van der Waals surface area contributed by atoms with Gasteiger partial charge in [-0.1, -0.05) is 0 Å². The first-order valence-corrected chi connectivity index (χ1v) is 46.7. The van der Waals surface area contributed by atoms with Crippen LogP contribution in [0, 0.1) is 0 Å². The first kappa shape index (κ1) is 124. The Morgan fingerprint density at radius 1 is 0.304 bits per heavy atom. The lowest BCUT2D eigenvalue weighted by molar-refractivity contribution is -0.392. The van der Waals surface area contributed by atoms with Crippen LogP contribution < -0.4 is 26.6 Å². The van der Waals surface area contributed by atoms with E-state index < -0.39 is 469 Å². The Bertz CT molecular complexity index is 4200. The summed E-state index contributed by atoms with van der Waals surface area (Å²) in [4.78, 5) is 92.9. The number of carbonyl (C=O) groups excluding carboxylic acids is 5. The van der Waals surface area contributed by atoms with E-state index in [4.69, 9.17) is 94.7 Å². The van der Waals surface area contributed by atoms with E-state index in [1.54, 1.807) is 0 Å². The van der Waals surface area contributed by atoms with E-state index in [2.05, 4.69) is 26.6 Å². The maximum absolute atomic E-state index is 14.0. The molecule has 10 aliphatic rings. The van der Waals surface area contributed by atoms with E-state index in [0.717, 1.165) is 41.5 Å². The first-order chi connectivity index (χ1) is 69.6. The molecule has 5 amide bonds. The van der Waals surface area contributed by atoms with E-state index in [-0.39, 0.29) is 0 Å². The van der Waals surface area contributed by atoms with Crippen molar-refractivity contribution in [2.24, 2.45) is 0 Å². The van der Waals surface area contributed by atoms with Gasteiger partial charge in [0.2, 0.25) is 29.5 Å². The van der Waals surface area contributed by atoms with E-state index in [0.29, 0.717) is 0 Å². The van der Waals surface area contributed by atoms with Crippen molar-refractivity contribution in [3.8, 4) is 0 Å². The van der Waals surface area contributed by atoms with Crippen LogP contribution in [0.15, 0.2) is 0 Å². The minimum atomic E-state index is -3.52. The molecule has 10 aliphatic heterocycles. The number of carboxylic acids is 2. The Labute approximate surface area is 836 Å². The maximum atomic E-state index is 14.0. The van der Waals surface area contributed by atoms with Gasteiger partial charge in [-0.2, -0.15) is 0 Å². The van der Waals surface area contributed by atoms with Crippen LogP contribution in [0.3, 0.4) is 0 Å². The summed E-state index contributed by atoms with van der Waals surface area (Å²) in [6.07, 6.45) is -117. The Kier molecular flexibility index (Phi) is 45.1. The number of aliphatic hydroxyl groups excluding tert-OH is 32. The summed E-state index contributed by atoms with van der Waals surface area (Å²) >= 11 is 0. The lowest BCUT2D eigenvalue weighted by atomic mass is 9.88. The number of aliphatic carboxylic acids is 2. The molecule has 56 atom stereocenters. The predicted octanol–water partition coefficient (Wildman–Crippen LogP) is -25.2. The second-order valence-electron chi connectivity index (χ2n) is 37.1. The van der Waals surface area contributed by atoms with Gasteiger partial charge in [0.05, 0.1) is 103 Å². The van der Waals surface area contributed by atoms with Gasteiger partial charge >= 0.3 is 11.9 Å². The highest BCUT2D eigenvalue weighted by molar-refractivity contribution is 5.78. The Morgan fingerprint density at radius 3 is 1.05 bits per heavy atom. The van der Waals surface area contributed by atoms with Crippen molar-refractivity contribution in [2.75, 3.05) is 72.7 Å². The SMILES string of the molecule is CC(=O)N[C@H]1[C@H](OC[C@H]2O[C@@H](O[C@@H]([C@H](O[C@@H]3O[C@@H](C)[C@@H](O)[C@@H](O)[C@@H]3O)[C@@H](O)CO)[C@H](O)CO)[C@H](O)[C@@H](O[C@@H]3O[C@H](CO[C@]4(C(=O)O)C[C@H](O)[C@@H](NC(C)=O)[C@H]([C@H](O)[C@H](O)CO)O4)[C@@H](O)[C@H](O[C@@H]4O[C@H](CO)[C@H](O)[C@H](O[C@]5(C(=O)O)C[C@H](O)[C@@H](NC(C)=O)[C@H]([C@H](O)[C@H](O)CO)O5)[C@H]4O)[C@H]3NC(C)=O)[C@H]2O)O[C@H](CO)[C@@H](O[C@@H]2O[C@H](CO)[C@H](O)[C@H](O[C@@H]3O[C@H](CO)[C@@H](O)[C@H](O[C@@H]4O[C@H](CO)[C@H](O)[C@H](O)[C@H]4O)[C@H]3NC(C)=O)[C@H]2O)[C@@H]1O. The van der Waals surface area contributed by atoms with Gasteiger partial charge in [-0.3, -0.25) is 24.0 Å². The normalized spacial score (nSPS) is 44.7. The highest BCUT2D eigenvalue weighted by Crippen LogP contribution is 2.44. The van der Waals surface area contributed by atoms with Crippen molar-refractivity contribution in [1.82, 2.24) is 26.6 Å². The fourth-order valence-electron chi connectivity index (χ4n) is 18.7. The second-order valence-corrected chi connectivity index (χ2v) is 37.1. The molecule has 10 saturated heterocycles. The quantitative estimate of drug-likeness (QED) is 0.0269. The molecular weight excluding hydrogens is 2030 g/mol. The summed E-state index contributed by atoms with van der Waals surface area (Å²) in [7, 11) is 0. The van der Waals surface area contributed by atoms with Crippen LogP contribution in [0.5, 0.6) is 0 Å². The van der Waals surface area contributed by atoms with Gasteiger partial charge in [-0.05, 0) is 6.92 Å². The van der Waals surface area contributed by atoms with Gasteiger partial charge < -0.3 is 295 Å². The van der Waals surface area contributed by atoms with Crippen LogP contribution in [0.4, 0.5) is 0 Å². The average Bonchev–Trinajstić information content (AvgIpc) is 0.746. The number of amides is 5. The number of nitrogens with one attached hydrogen (secondary N) is 5. The topological polar surface area (TPSA) is 1050 Å². The van der Waals surface area contributed by atoms with Crippen molar-refractivity contribution in [1.29, 1.82) is 0 Å². The second kappa shape index (κ2) is 53.8. The van der Waals surface area contributed by atoms with Crippen LogP contribution >= 0.6 is 0 Å². The fourth-order valence-corrected chi connectivity index (χ4v) is 18.7. The summed E-state index contributed by atoms with van der Waals surface area (Å²) in [5.41, 5.74) is 0. The molecule has 10 heterocycles. The van der Waals surface area contributed by atoms with Gasteiger partial charge in [0.1, 0.15) is 250 Å². The molecule has 10 fully saturated rings. The van der Waals surface area contributed by atoms with Crippen LogP contribution in [0.2, 0.25) is 0 Å².